The van der Waals surface area contributed by atoms with Crippen molar-refractivity contribution in [2.24, 2.45) is 5.73 Å². The largest absolute Gasteiger partial charge is 0.534 e. The summed E-state index contributed by atoms with van der Waals surface area (Å²) >= 11 is 14.8. The Kier molecular flexibility index (Phi) is 29.8. The normalized spacial score (nSPS) is 19.4. The number of nitrogens with two attached hydrogens (primary N) is 1. The van der Waals surface area contributed by atoms with Gasteiger partial charge in [-0.15, -0.1) is 23.5 Å². The molecule has 5 N–H and O–H groups in total. The van der Waals surface area contributed by atoms with Gasteiger partial charge in [-0.25, -0.2) is 19.2 Å². The predicted octanol–water partition coefficient (Wildman–Crippen LogP) is 14.3. The van der Waals surface area contributed by atoms with Crippen LogP contribution in [0.15, 0.2) is 192 Å². The van der Waals surface area contributed by atoms with Crippen LogP contribution in [0.5, 0.6) is 5.88 Å². The van der Waals surface area contributed by atoms with Crippen LogP contribution < -0.4 is 58.0 Å². The molecule has 6 heterocycles. The van der Waals surface area contributed by atoms with Crippen LogP contribution in [0.2, 0.25) is 23.1 Å². The van der Waals surface area contributed by atoms with Gasteiger partial charge in [-0.05, 0) is 120 Å². The topological polar surface area (TPSA) is 265 Å². The van der Waals surface area contributed by atoms with Crippen molar-refractivity contribution in [3.63, 3.8) is 0 Å². The summed E-state index contributed by atoms with van der Waals surface area (Å²) in [5, 5.41) is 12.3. The van der Waals surface area contributed by atoms with Gasteiger partial charge < -0.3 is 43.0 Å². The molecule has 21 nitrogen and oxygen atoms in total. The summed E-state index contributed by atoms with van der Waals surface area (Å²) in [6, 6.07) is 50.5. The lowest BCUT2D eigenvalue weighted by Gasteiger charge is -2.35. The lowest BCUT2D eigenvalue weighted by atomic mass is 9.90. The van der Waals surface area contributed by atoms with Gasteiger partial charge in [-0.3, -0.25) is 19.8 Å². The number of nitrogens with zero attached hydrogens (tertiary/aromatic N) is 4. The molecule has 0 aliphatic carbocycles. The minimum Gasteiger partial charge on any atom is -0.415 e. The van der Waals surface area contributed by atoms with Crippen LogP contribution in [0.3, 0.4) is 0 Å². The number of aromatic nitrogens is 4. The summed E-state index contributed by atoms with van der Waals surface area (Å²) in [6.07, 6.45) is -4.31. The first kappa shape index (κ1) is 87.6. The van der Waals surface area contributed by atoms with E-state index in [0.717, 1.165) is 71.4 Å². The average molecular weight is 1720 g/mol. The zero-order chi connectivity index (χ0) is 82.0. The molecule has 0 spiro atoms. The Balaban J connectivity index is 0.000000195. The quantitative estimate of drug-likeness (QED) is 0.00980. The maximum absolute atomic E-state index is 14.2. The average Bonchev–Trinajstić information content (AvgIpc) is 0.800. The van der Waals surface area contributed by atoms with Crippen LogP contribution in [-0.4, -0.2) is 123 Å². The van der Waals surface area contributed by atoms with E-state index in [-0.39, 0.29) is 57.4 Å². The molecule has 4 aliphatic heterocycles. The van der Waals surface area contributed by atoms with E-state index in [4.69, 9.17) is 52.0 Å². The van der Waals surface area contributed by atoms with E-state index in [1.807, 2.05) is 97.1 Å². The molecule has 0 radical (unpaired) electrons. The second kappa shape index (κ2) is 38.7. The Hall–Kier alpha value is -8.83. The third-order valence-corrected chi connectivity index (χ3v) is 29.2. The van der Waals surface area contributed by atoms with Crippen molar-refractivity contribution in [2.45, 2.75) is 130 Å². The highest BCUT2D eigenvalue weighted by atomic mass is 35.5. The van der Waals surface area contributed by atoms with E-state index in [2.05, 4.69) is 95.9 Å². The summed E-state index contributed by atoms with van der Waals surface area (Å²) in [7, 11) is -11.0. The minimum absolute atomic E-state index is 0.0183. The lowest BCUT2D eigenvalue weighted by molar-refractivity contribution is -0.239. The zero-order valence-electron chi connectivity index (χ0n) is 61.0. The molecule has 2 amide bonds. The van der Waals surface area contributed by atoms with Crippen molar-refractivity contribution >= 4 is 124 Å². The third kappa shape index (κ3) is 21.8. The molecule has 4 aliphatic rings. The highest BCUT2D eigenvalue weighted by molar-refractivity contribution is 8.00. The van der Waals surface area contributed by atoms with Crippen molar-refractivity contribution in [1.29, 1.82) is 0 Å². The number of anilines is 3. The summed E-state index contributed by atoms with van der Waals surface area (Å²) in [6.45, 7) is 6.04. The molecule has 2 fully saturated rings. The summed E-state index contributed by atoms with van der Waals surface area (Å²) in [5.41, 5.74) is -9.20. The van der Waals surface area contributed by atoms with Gasteiger partial charge in [0.15, 0.2) is 0 Å². The monoisotopic (exact) mass is 1710 g/mol. The fourth-order valence-corrected chi connectivity index (χ4v) is 20.9. The van der Waals surface area contributed by atoms with Crippen LogP contribution in [0, 0.1) is 23.7 Å². The Morgan fingerprint density at radius 2 is 0.956 bits per heavy atom. The highest BCUT2D eigenvalue weighted by Gasteiger charge is 2.63. The second-order valence-electron chi connectivity index (χ2n) is 26.2. The number of carbonyl (C=O) groups is 2. The molecule has 2 unspecified atom stereocenters. The number of ether oxygens (including phenoxy) is 4. The standard InChI is InChI=1S/C38H38ClF3N4O5SSi.C22H21F3N2O6S2Si.C17H18ClF3N2O2/c1-53(28-14-8-6-9-15-28,29-16-10-7-11-17-29)49-25-34-50-33(26-52-34)46-23-20-32(45-35(46)47)43-22-13-5-3-2-4-12-21-37(38(40,41)42)30-24-27(39)18-19-31(30)44-36(48)51-37;1-36(16-8-4-2-5-9-16,17-10-6-3-7-11-17)31-14-20-32-19(15-34-20)27-13-12-18(26-21(27)28)33-35(29,30)22(23,24)25;18-12-7-8-14-13(11-12)16(17(19,20)21,25-15(24)23-14)9-5-3-1-2-4-6-10-22/h6-11,14-20,23-24,33-34H,2-5,13,22,25-26H2,1H3,(H,44,48)(H,43,45,47);2-13,19-20H,14-15H2,1H3;7-8,11H,1-4,6,10,22H2,(H,23,24)/t33-,34+,37?;19-,20+;/m11./s1. The number of benzene rings is 6. The van der Waals surface area contributed by atoms with Gasteiger partial charge in [0.1, 0.15) is 29.1 Å². The third-order valence-electron chi connectivity index (χ3n) is 18.3. The van der Waals surface area contributed by atoms with Crippen molar-refractivity contribution < 1.29 is 89.5 Å². The van der Waals surface area contributed by atoms with Crippen molar-refractivity contribution in [3.8, 4) is 29.6 Å². The number of fused-ring (bicyclic) bond motifs is 2. The second-order valence-corrected chi connectivity index (χ2v) is 38.0. The maximum atomic E-state index is 14.2. The number of hydrogen-bond donors (Lipinski definition) is 4. The van der Waals surface area contributed by atoms with Crippen molar-refractivity contribution in [2.75, 3.05) is 53.8 Å². The van der Waals surface area contributed by atoms with Gasteiger partial charge in [0.25, 0.3) is 27.8 Å². The first-order valence-corrected chi connectivity index (χ1v) is 44.8. The van der Waals surface area contributed by atoms with E-state index in [0.29, 0.717) is 56.3 Å². The van der Waals surface area contributed by atoms with Gasteiger partial charge in [-0.1, -0.05) is 182 Å². The molecule has 6 aromatic carbocycles. The minimum atomic E-state index is -5.93. The number of nitrogens with one attached hydrogen (secondary N) is 3. The van der Waals surface area contributed by atoms with E-state index < -0.39 is 103 Å². The van der Waals surface area contributed by atoms with Gasteiger partial charge >= 0.3 is 51.5 Å². The first-order valence-electron chi connectivity index (χ1n) is 35.7. The Morgan fingerprint density at radius 3 is 1.34 bits per heavy atom. The molecule has 37 heteroatoms. The lowest BCUT2D eigenvalue weighted by Crippen LogP contribution is -2.59. The van der Waals surface area contributed by atoms with Gasteiger partial charge in [0, 0.05) is 70.5 Å². The number of unbranched alkanes of at least 4 members (excludes halogenated alkanes) is 8. The molecule has 6 atom stereocenters. The molecule has 12 rings (SSSR count). The number of carbonyl (C=O) groups excluding carboxylic acids is 2. The maximum Gasteiger partial charge on any atom is 0.534 e. The van der Waals surface area contributed by atoms with Gasteiger partial charge in [0.05, 0.1) is 24.6 Å². The summed E-state index contributed by atoms with van der Waals surface area (Å²) < 4.78 is 185. The molecule has 2 aromatic heterocycles. The molecule has 8 aromatic rings. The number of rotatable bonds is 26. The molecule has 2 saturated heterocycles. The van der Waals surface area contributed by atoms with Gasteiger partial charge in [0.2, 0.25) is 5.88 Å². The van der Waals surface area contributed by atoms with E-state index in [1.165, 1.54) is 51.0 Å². The van der Waals surface area contributed by atoms with E-state index >= 15 is 0 Å². The van der Waals surface area contributed by atoms with Crippen LogP contribution in [0.25, 0.3) is 0 Å². The number of halogens is 11. The van der Waals surface area contributed by atoms with Crippen LogP contribution in [-0.2, 0) is 49.1 Å². The summed E-state index contributed by atoms with van der Waals surface area (Å²) in [4.78, 5) is 56.4. The number of amides is 2. The van der Waals surface area contributed by atoms with Crippen molar-refractivity contribution in [1.82, 2.24) is 19.1 Å². The summed E-state index contributed by atoms with van der Waals surface area (Å²) in [5.74, 6) is 9.81. The fraction of sp³-hybridized carbons (Fsp3) is 0.351. The smallest absolute Gasteiger partial charge is 0.415 e. The van der Waals surface area contributed by atoms with Gasteiger partial charge in [-0.2, -0.15) is 57.9 Å². The number of thioether (sulfide) groups is 2. The number of alkyl halides is 9. The van der Waals surface area contributed by atoms with Crippen LogP contribution >= 0.6 is 46.7 Å². The fourth-order valence-electron chi connectivity index (χ4n) is 12.3. The predicted molar refractivity (Wildman–Crippen MR) is 423 cm³/mol. The van der Waals surface area contributed by atoms with E-state index in [1.54, 1.807) is 24.0 Å². The molecule has 606 valence electrons. The first-order chi connectivity index (χ1) is 54.3. The highest BCUT2D eigenvalue weighted by Crippen LogP contribution is 2.50. The molecular weight excluding hydrogens is 1640 g/mol. The Bertz CT molecular complexity index is 4920. The zero-order valence-corrected chi connectivity index (χ0v) is 67.0. The van der Waals surface area contributed by atoms with E-state index in [9.17, 15) is 67.1 Å². The molecule has 0 bridgehead atoms. The number of cyclic esters (lactones) is 2. The molecular formula is C77H77Cl2F9N8O13S3Si2. The SMILES string of the molecule is C[Si](OC[C@H]1O[C@@H](n2ccc(NCCCCCCC#CC3(C(F)(F)F)OC(=O)Nc4ccc(Cl)cc43)nc2=O)CS1)(c1ccccc1)c1ccccc1.C[Si](OC[C@H]1O[C@@H](n2ccc(OS(=O)(=O)C(F)(F)F)nc2=O)CS1)(c1ccccc1)c1ccccc1.NCCCCCCC#CC1(C(F)(F)F)OC(=O)Nc2ccc(Cl)cc21. The molecule has 114 heavy (non-hydrogen) atoms. The Morgan fingerprint density at radius 1 is 0.561 bits per heavy atom. The number of hydrogen-bond acceptors (Lipinski definition) is 19. The van der Waals surface area contributed by atoms with Crippen molar-refractivity contribution in [3.05, 3.63) is 224 Å². The van der Waals surface area contributed by atoms with Crippen LogP contribution in [0.4, 0.5) is 66.3 Å². The van der Waals surface area contributed by atoms with Crippen LogP contribution in [0.1, 0.15) is 87.8 Å². The Labute approximate surface area is 671 Å². The molecule has 0 saturated carbocycles.